The summed E-state index contributed by atoms with van der Waals surface area (Å²) in [5.41, 5.74) is 0.338. The minimum absolute atomic E-state index is 0.0500. The van der Waals surface area contributed by atoms with Crippen LogP contribution in [0.1, 0.15) is 46.1 Å². The van der Waals surface area contributed by atoms with Gasteiger partial charge in [-0.05, 0) is 70.9 Å². The predicted octanol–water partition coefficient (Wildman–Crippen LogP) is 6.03. The summed E-state index contributed by atoms with van der Waals surface area (Å²) >= 11 is 1.56. The Balaban J connectivity index is 1.54. The molecular weight excluding hydrogens is 397 g/mol. The molecule has 2 aromatic heterocycles. The highest BCUT2D eigenvalue weighted by atomic mass is 32.1. The zero-order chi connectivity index (χ0) is 21.0. The van der Waals surface area contributed by atoms with Crippen LogP contribution in [0.15, 0.2) is 30.3 Å². The molecule has 0 bridgehead atoms. The molecule has 0 spiro atoms. The normalized spacial score (nSPS) is 19.6. The molecule has 3 heterocycles. The zero-order valence-electron chi connectivity index (χ0n) is 16.9. The number of aromatic amines is 1. The van der Waals surface area contributed by atoms with Gasteiger partial charge in [0.1, 0.15) is 5.82 Å². The summed E-state index contributed by atoms with van der Waals surface area (Å²) in [5, 5.41) is 8.35. The third-order valence-electron chi connectivity index (χ3n) is 5.19. The Kier molecular flexibility index (Phi) is 4.70. The van der Waals surface area contributed by atoms with E-state index in [4.69, 9.17) is 0 Å². The Labute approximate surface area is 171 Å². The fraction of sp³-hybridized carbons (Fsp3) is 0.476. The Morgan fingerprint density at radius 3 is 2.41 bits per heavy atom. The van der Waals surface area contributed by atoms with Crippen molar-refractivity contribution in [1.29, 1.82) is 0 Å². The van der Waals surface area contributed by atoms with Crippen molar-refractivity contribution in [2.75, 3.05) is 5.32 Å². The van der Waals surface area contributed by atoms with Gasteiger partial charge in [0.05, 0.1) is 26.5 Å². The number of thiophene rings is 1. The van der Waals surface area contributed by atoms with E-state index in [0.717, 1.165) is 34.9 Å². The van der Waals surface area contributed by atoms with Crippen LogP contribution in [-0.4, -0.2) is 27.1 Å². The van der Waals surface area contributed by atoms with Crippen LogP contribution in [0, 0.1) is 0 Å². The maximum absolute atomic E-state index is 12.9. The van der Waals surface area contributed by atoms with Gasteiger partial charge in [-0.3, -0.25) is 0 Å². The minimum Gasteiger partial charge on any atom is -0.374 e. The summed E-state index contributed by atoms with van der Waals surface area (Å²) < 4.78 is 38.8. The van der Waals surface area contributed by atoms with E-state index in [1.54, 1.807) is 11.3 Å². The summed E-state index contributed by atoms with van der Waals surface area (Å²) in [6.07, 6.45) is -2.35. The highest BCUT2D eigenvalue weighted by Crippen LogP contribution is 2.36. The summed E-state index contributed by atoms with van der Waals surface area (Å²) in [6.45, 7) is 8.86. The monoisotopic (exact) mass is 422 g/mol. The second-order valence-corrected chi connectivity index (χ2v) is 10.2. The molecule has 0 unspecified atom stereocenters. The molecule has 1 saturated heterocycles. The summed E-state index contributed by atoms with van der Waals surface area (Å²) in [7, 11) is 0. The molecular formula is C21H25F3N4S. The lowest BCUT2D eigenvalue weighted by Gasteiger charge is -2.46. The highest BCUT2D eigenvalue weighted by Gasteiger charge is 2.37. The van der Waals surface area contributed by atoms with Crippen molar-refractivity contribution in [3.8, 4) is 10.7 Å². The van der Waals surface area contributed by atoms with Crippen LogP contribution in [0.5, 0.6) is 0 Å². The molecule has 156 valence electrons. The number of anilines is 1. The lowest BCUT2D eigenvalue weighted by atomic mass is 9.80. The highest BCUT2D eigenvalue weighted by molar-refractivity contribution is 7.19. The van der Waals surface area contributed by atoms with E-state index in [1.165, 1.54) is 6.07 Å². The molecule has 0 amide bonds. The van der Waals surface area contributed by atoms with Crippen LogP contribution in [0.25, 0.3) is 21.7 Å². The number of aromatic nitrogens is 2. The topological polar surface area (TPSA) is 52.7 Å². The average Bonchev–Trinajstić information content (AvgIpc) is 3.16. The van der Waals surface area contributed by atoms with Gasteiger partial charge in [-0.1, -0.05) is 0 Å². The number of H-pyrrole nitrogens is 1. The van der Waals surface area contributed by atoms with Crippen molar-refractivity contribution >= 4 is 27.4 Å². The zero-order valence-corrected chi connectivity index (χ0v) is 17.7. The van der Waals surface area contributed by atoms with E-state index in [2.05, 4.69) is 48.3 Å². The van der Waals surface area contributed by atoms with Gasteiger partial charge in [-0.15, -0.1) is 11.3 Å². The molecule has 0 atom stereocenters. The van der Waals surface area contributed by atoms with Crippen LogP contribution >= 0.6 is 11.3 Å². The Hall–Kier alpha value is -2.06. The number of piperidine rings is 1. The number of nitrogens with one attached hydrogen (secondary N) is 3. The van der Waals surface area contributed by atoms with Crippen LogP contribution in [0.4, 0.5) is 18.2 Å². The van der Waals surface area contributed by atoms with Gasteiger partial charge in [0, 0.05) is 17.1 Å². The molecule has 29 heavy (non-hydrogen) atoms. The van der Waals surface area contributed by atoms with Crippen molar-refractivity contribution in [1.82, 2.24) is 15.3 Å². The van der Waals surface area contributed by atoms with Gasteiger partial charge in [-0.2, -0.15) is 13.2 Å². The molecule has 0 saturated carbocycles. The number of hydrogen-bond donors (Lipinski definition) is 3. The smallest absolute Gasteiger partial charge is 0.374 e. The number of nitrogens with zero attached hydrogens (tertiary/aromatic N) is 1. The molecule has 4 nitrogen and oxygen atoms in total. The Morgan fingerprint density at radius 1 is 1.07 bits per heavy atom. The van der Waals surface area contributed by atoms with Gasteiger partial charge in [0.2, 0.25) is 0 Å². The first kappa shape index (κ1) is 20.2. The number of rotatable bonds is 3. The van der Waals surface area contributed by atoms with Gasteiger partial charge in [0.15, 0.2) is 0 Å². The van der Waals surface area contributed by atoms with Crippen molar-refractivity contribution in [2.24, 2.45) is 0 Å². The van der Waals surface area contributed by atoms with Crippen molar-refractivity contribution < 1.29 is 13.2 Å². The van der Waals surface area contributed by atoms with Crippen molar-refractivity contribution in [3.63, 3.8) is 0 Å². The van der Waals surface area contributed by atoms with E-state index < -0.39 is 11.7 Å². The van der Waals surface area contributed by atoms with Crippen LogP contribution in [-0.2, 0) is 6.18 Å². The number of fused-ring (bicyclic) bond motifs is 1. The largest absolute Gasteiger partial charge is 0.416 e. The summed E-state index contributed by atoms with van der Waals surface area (Å²) in [5.74, 6) is 0.586. The van der Waals surface area contributed by atoms with Crippen molar-refractivity contribution in [2.45, 2.75) is 63.8 Å². The number of alkyl halides is 3. The molecule has 0 radical (unpaired) electrons. The number of benzene rings is 1. The Bertz CT molecular complexity index is 1020. The molecule has 0 aliphatic carbocycles. The van der Waals surface area contributed by atoms with Crippen LogP contribution in [0.2, 0.25) is 0 Å². The molecule has 1 aliphatic rings. The molecule has 3 N–H and O–H groups in total. The van der Waals surface area contributed by atoms with Gasteiger partial charge >= 0.3 is 6.18 Å². The first-order valence-electron chi connectivity index (χ1n) is 9.63. The van der Waals surface area contributed by atoms with Gasteiger partial charge < -0.3 is 15.6 Å². The molecule has 1 aromatic carbocycles. The number of hydrogen-bond acceptors (Lipinski definition) is 4. The Morgan fingerprint density at radius 2 is 1.76 bits per heavy atom. The van der Waals surface area contributed by atoms with E-state index in [1.807, 2.05) is 12.1 Å². The standard InChI is InChI=1S/C21H25F3N4S/c1-19(2)10-13(11-20(3,4)28-19)25-17-8-7-16(29-17)18-26-14-6-5-12(21(22,23)24)9-15(14)27-18/h5-9,13,25,28H,10-11H2,1-4H3,(H,26,27). The lowest BCUT2D eigenvalue weighted by Crippen LogP contribution is -2.60. The molecule has 8 heteroatoms. The maximum Gasteiger partial charge on any atom is 0.416 e. The first-order chi connectivity index (χ1) is 13.4. The van der Waals surface area contributed by atoms with E-state index >= 15 is 0 Å². The second-order valence-electron chi connectivity index (χ2n) is 9.12. The van der Waals surface area contributed by atoms with Crippen LogP contribution in [0.3, 0.4) is 0 Å². The van der Waals surface area contributed by atoms with E-state index in [9.17, 15) is 13.2 Å². The fourth-order valence-corrected chi connectivity index (χ4v) is 5.40. The molecule has 3 aromatic rings. The van der Waals surface area contributed by atoms with Gasteiger partial charge in [-0.25, -0.2) is 4.98 Å². The maximum atomic E-state index is 12.9. The van der Waals surface area contributed by atoms with Crippen LogP contribution < -0.4 is 10.6 Å². The quantitative estimate of drug-likeness (QED) is 0.483. The van der Waals surface area contributed by atoms with Crippen molar-refractivity contribution in [3.05, 3.63) is 35.9 Å². The SMILES string of the molecule is CC1(C)CC(Nc2ccc(-c3nc4ccc(C(F)(F)F)cc4[nH]3)s2)CC(C)(C)N1. The lowest BCUT2D eigenvalue weighted by molar-refractivity contribution is -0.137. The molecule has 1 aliphatic heterocycles. The van der Waals surface area contributed by atoms with E-state index in [-0.39, 0.29) is 11.1 Å². The average molecular weight is 423 g/mol. The van der Waals surface area contributed by atoms with Gasteiger partial charge in [0.25, 0.3) is 0 Å². The summed E-state index contributed by atoms with van der Waals surface area (Å²) in [4.78, 5) is 8.38. The number of halogens is 3. The first-order valence-corrected chi connectivity index (χ1v) is 10.4. The summed E-state index contributed by atoms with van der Waals surface area (Å²) in [6, 6.07) is 7.89. The van der Waals surface area contributed by atoms with E-state index in [0.29, 0.717) is 22.9 Å². The third-order valence-corrected chi connectivity index (χ3v) is 6.21. The molecule has 4 rings (SSSR count). The fourth-order valence-electron chi connectivity index (χ4n) is 4.47. The minimum atomic E-state index is -4.37. The third kappa shape index (κ3) is 4.43. The number of imidazole rings is 1. The predicted molar refractivity (Wildman–Crippen MR) is 112 cm³/mol. The second kappa shape index (κ2) is 6.74. The molecule has 1 fully saturated rings.